The number of aromatic hydroxyl groups is 1. The van der Waals surface area contributed by atoms with Crippen molar-refractivity contribution in [2.75, 3.05) is 10.6 Å². The van der Waals surface area contributed by atoms with Crippen LogP contribution in [0.1, 0.15) is 34.1 Å². The van der Waals surface area contributed by atoms with Gasteiger partial charge in [-0.15, -0.1) is 0 Å². The number of phenols is 1. The van der Waals surface area contributed by atoms with E-state index in [4.69, 9.17) is 4.42 Å². The summed E-state index contributed by atoms with van der Waals surface area (Å²) in [6, 6.07) is 20.7. The first-order valence-corrected chi connectivity index (χ1v) is 11.0. The van der Waals surface area contributed by atoms with Gasteiger partial charge >= 0.3 is 0 Å². The quantitative estimate of drug-likeness (QED) is 0.307. The monoisotopic (exact) mass is 456 g/mol. The normalized spacial score (nSPS) is 17.6. The fourth-order valence-corrected chi connectivity index (χ4v) is 4.13. The third kappa shape index (κ3) is 4.24. The van der Waals surface area contributed by atoms with Gasteiger partial charge < -0.3 is 20.2 Å². The Morgan fingerprint density at radius 2 is 1.74 bits per heavy atom. The van der Waals surface area contributed by atoms with E-state index in [1.807, 2.05) is 43.3 Å². The molecule has 1 saturated heterocycles. The molecule has 0 spiro atoms. The Labute approximate surface area is 195 Å². The molecule has 5 N–H and O–H groups in total. The minimum atomic E-state index is -0.580. The van der Waals surface area contributed by atoms with Gasteiger partial charge in [0.2, 0.25) is 11.7 Å². The van der Waals surface area contributed by atoms with Crippen molar-refractivity contribution in [2.24, 2.45) is 0 Å². The molecule has 5 rings (SSSR count). The molecule has 2 unspecified atom stereocenters. The number of rotatable bonds is 5. The number of fused-ring (bicyclic) bond motifs is 1. The molecule has 2 heterocycles. The Morgan fingerprint density at radius 3 is 2.56 bits per heavy atom. The van der Waals surface area contributed by atoms with E-state index >= 15 is 0 Å². The number of carbonyl (C=O) groups excluding carboxylic acids is 2. The highest BCUT2D eigenvalue weighted by molar-refractivity contribution is 6.15. The van der Waals surface area contributed by atoms with Gasteiger partial charge in [-0.2, -0.15) is 0 Å². The standard InChI is InChI=1S/C26H24N4O4/c1-15-11-12-21(31)18(13-15)19-14-20(30-29-19)25(32)28-23-17-9-5-6-10-22(17)34-24(23)26(33)27-16-7-3-2-4-8-16/h2-13,19-20,29-31H,14H2,1H3,(H,27,33)(H,28,32). The predicted octanol–water partition coefficient (Wildman–Crippen LogP) is 4.25. The number of hydrogen-bond acceptors (Lipinski definition) is 6. The van der Waals surface area contributed by atoms with Gasteiger partial charge in [0.05, 0.1) is 6.04 Å². The van der Waals surface area contributed by atoms with E-state index in [9.17, 15) is 14.7 Å². The lowest BCUT2D eigenvalue weighted by Gasteiger charge is -2.13. The van der Waals surface area contributed by atoms with Crippen molar-refractivity contribution in [3.05, 3.63) is 89.7 Å². The molecule has 4 aromatic rings. The molecule has 0 radical (unpaired) electrons. The zero-order valence-corrected chi connectivity index (χ0v) is 18.5. The summed E-state index contributed by atoms with van der Waals surface area (Å²) in [5.41, 5.74) is 9.25. The van der Waals surface area contributed by atoms with Crippen molar-refractivity contribution in [3.63, 3.8) is 0 Å². The maximum absolute atomic E-state index is 13.2. The minimum absolute atomic E-state index is 0.0252. The number of amides is 2. The van der Waals surface area contributed by atoms with Gasteiger partial charge in [-0.1, -0.05) is 48.0 Å². The van der Waals surface area contributed by atoms with E-state index < -0.39 is 11.9 Å². The number of hydrazine groups is 1. The lowest BCUT2D eigenvalue weighted by atomic mass is 9.99. The summed E-state index contributed by atoms with van der Waals surface area (Å²) in [7, 11) is 0. The highest BCUT2D eigenvalue weighted by Gasteiger charge is 2.33. The van der Waals surface area contributed by atoms with Gasteiger partial charge in [-0.3, -0.25) is 9.59 Å². The molecule has 1 aliphatic heterocycles. The van der Waals surface area contributed by atoms with Crippen molar-refractivity contribution in [1.82, 2.24) is 10.9 Å². The summed E-state index contributed by atoms with van der Waals surface area (Å²) >= 11 is 0. The molecule has 8 nitrogen and oxygen atoms in total. The molecule has 1 aliphatic rings. The number of anilines is 2. The van der Waals surface area contributed by atoms with Crippen molar-refractivity contribution in [3.8, 4) is 5.75 Å². The highest BCUT2D eigenvalue weighted by Crippen LogP contribution is 2.33. The van der Waals surface area contributed by atoms with Crippen LogP contribution < -0.4 is 21.5 Å². The Kier molecular flexibility index (Phi) is 5.75. The molecule has 0 aliphatic carbocycles. The van der Waals surface area contributed by atoms with Gasteiger partial charge in [0.1, 0.15) is 23.1 Å². The molecule has 3 aromatic carbocycles. The van der Waals surface area contributed by atoms with E-state index in [2.05, 4.69) is 21.5 Å². The van der Waals surface area contributed by atoms with Crippen molar-refractivity contribution in [2.45, 2.75) is 25.4 Å². The predicted molar refractivity (Wildman–Crippen MR) is 130 cm³/mol. The fourth-order valence-electron chi connectivity index (χ4n) is 4.13. The SMILES string of the molecule is Cc1ccc(O)c(C2CC(C(=O)Nc3c(C(=O)Nc4ccccc4)oc4ccccc34)NN2)c1. The van der Waals surface area contributed by atoms with Crippen LogP contribution in [0.3, 0.4) is 0 Å². The van der Waals surface area contributed by atoms with Gasteiger partial charge in [-0.25, -0.2) is 10.9 Å². The second kappa shape index (κ2) is 9.01. The van der Waals surface area contributed by atoms with Crippen LogP contribution in [-0.4, -0.2) is 23.0 Å². The van der Waals surface area contributed by atoms with Gasteiger partial charge in [-0.05, 0) is 43.7 Å². The summed E-state index contributed by atoms with van der Waals surface area (Å²) < 4.78 is 5.82. The zero-order chi connectivity index (χ0) is 23.7. The molecule has 2 amide bonds. The lowest BCUT2D eigenvalue weighted by Crippen LogP contribution is -2.39. The maximum atomic E-state index is 13.2. The lowest BCUT2D eigenvalue weighted by molar-refractivity contribution is -0.117. The van der Waals surface area contributed by atoms with Crippen LogP contribution in [-0.2, 0) is 4.79 Å². The first-order valence-electron chi connectivity index (χ1n) is 11.0. The smallest absolute Gasteiger partial charge is 0.293 e. The number of nitrogens with one attached hydrogen (secondary N) is 4. The van der Waals surface area contributed by atoms with Crippen molar-refractivity contribution >= 4 is 34.2 Å². The van der Waals surface area contributed by atoms with Gasteiger partial charge in [0.25, 0.3) is 5.91 Å². The molecule has 172 valence electrons. The summed E-state index contributed by atoms with van der Waals surface area (Å²) in [5.74, 6) is -0.580. The van der Waals surface area contributed by atoms with Crippen LogP contribution in [0.15, 0.2) is 77.2 Å². The number of furan rings is 1. The highest BCUT2D eigenvalue weighted by atomic mass is 16.3. The summed E-state index contributed by atoms with van der Waals surface area (Å²) in [6.45, 7) is 1.95. The molecular formula is C26H24N4O4. The average molecular weight is 457 g/mol. The van der Waals surface area contributed by atoms with Gasteiger partial charge in [0.15, 0.2) is 0 Å². The summed E-state index contributed by atoms with van der Waals surface area (Å²) in [4.78, 5) is 26.2. The Hall–Kier alpha value is -4.14. The zero-order valence-electron chi connectivity index (χ0n) is 18.5. The van der Waals surface area contributed by atoms with Crippen LogP contribution in [0.5, 0.6) is 5.75 Å². The molecule has 34 heavy (non-hydrogen) atoms. The topological polar surface area (TPSA) is 116 Å². The second-order valence-electron chi connectivity index (χ2n) is 8.30. The second-order valence-corrected chi connectivity index (χ2v) is 8.30. The van der Waals surface area contributed by atoms with Crippen LogP contribution in [0, 0.1) is 6.92 Å². The minimum Gasteiger partial charge on any atom is -0.508 e. The molecule has 0 bridgehead atoms. The number of para-hydroxylation sites is 2. The maximum Gasteiger partial charge on any atom is 0.293 e. The number of phenolic OH excluding ortho intramolecular Hbond substituents is 1. The summed E-state index contributed by atoms with van der Waals surface area (Å²) in [5, 5.41) is 16.6. The van der Waals surface area contributed by atoms with Crippen LogP contribution >= 0.6 is 0 Å². The molecule has 1 fully saturated rings. The van der Waals surface area contributed by atoms with E-state index in [0.717, 1.165) is 11.1 Å². The first kappa shape index (κ1) is 21.7. The van der Waals surface area contributed by atoms with Crippen molar-refractivity contribution in [1.29, 1.82) is 0 Å². The molecular weight excluding hydrogens is 432 g/mol. The Bertz CT molecular complexity index is 1370. The Balaban J connectivity index is 1.38. The van der Waals surface area contributed by atoms with E-state index in [0.29, 0.717) is 28.8 Å². The number of hydrogen-bond donors (Lipinski definition) is 5. The van der Waals surface area contributed by atoms with Crippen LogP contribution in [0.2, 0.25) is 0 Å². The third-order valence-corrected chi connectivity index (χ3v) is 5.86. The first-order chi connectivity index (χ1) is 16.5. The van der Waals surface area contributed by atoms with Crippen molar-refractivity contribution < 1.29 is 19.1 Å². The largest absolute Gasteiger partial charge is 0.508 e. The summed E-state index contributed by atoms with van der Waals surface area (Å²) in [6.07, 6.45) is 0.421. The Morgan fingerprint density at radius 1 is 0.971 bits per heavy atom. The fraction of sp³-hybridized carbons (Fsp3) is 0.154. The molecule has 0 saturated carbocycles. The average Bonchev–Trinajstić information content (AvgIpc) is 3.47. The molecule has 2 atom stereocenters. The van der Waals surface area contributed by atoms with Crippen LogP contribution in [0.25, 0.3) is 11.0 Å². The number of aryl methyl sites for hydroxylation is 1. The number of benzene rings is 3. The van der Waals surface area contributed by atoms with E-state index in [1.165, 1.54) is 0 Å². The number of carbonyl (C=O) groups is 2. The van der Waals surface area contributed by atoms with Gasteiger partial charge in [0, 0.05) is 16.6 Å². The van der Waals surface area contributed by atoms with E-state index in [-0.39, 0.29) is 23.5 Å². The molecule has 1 aromatic heterocycles. The third-order valence-electron chi connectivity index (χ3n) is 5.86. The van der Waals surface area contributed by atoms with E-state index in [1.54, 1.807) is 36.4 Å². The van der Waals surface area contributed by atoms with Crippen LogP contribution in [0.4, 0.5) is 11.4 Å². The molecule has 8 heteroatoms.